The smallest absolute Gasteiger partial charge is 0.364 e. The Bertz CT molecular complexity index is 2100. The van der Waals surface area contributed by atoms with E-state index < -0.39 is 148 Å². The molecule has 3 fully saturated rings. The quantitative estimate of drug-likeness (QED) is 0.0199. The van der Waals surface area contributed by atoms with Crippen molar-refractivity contribution in [1.82, 2.24) is 10.6 Å². The first-order valence-electron chi connectivity index (χ1n) is 39.7. The number of amides is 2. The van der Waals surface area contributed by atoms with E-state index in [0.29, 0.717) is 19.3 Å². The molecule has 3 aliphatic heterocycles. The van der Waals surface area contributed by atoms with Gasteiger partial charge < -0.3 is 100 Å². The maximum atomic E-state index is 13.5. The summed E-state index contributed by atoms with van der Waals surface area (Å²) in [6, 6.07) is -2.53. The molecule has 586 valence electrons. The van der Waals surface area contributed by atoms with Gasteiger partial charge in [0.25, 0.3) is 5.79 Å². The average molecular weight is 1430 g/mol. The lowest BCUT2D eigenvalue weighted by atomic mass is 9.88. The average Bonchev–Trinajstić information content (AvgIpc) is 0.756. The molecule has 0 aliphatic carbocycles. The first-order chi connectivity index (χ1) is 48.4. The lowest BCUT2D eigenvalue weighted by molar-refractivity contribution is -0.386. The number of aliphatic hydroxyl groups excluding tert-OH is 11. The summed E-state index contributed by atoms with van der Waals surface area (Å²) in [6.45, 7) is 2.21. The van der Waals surface area contributed by atoms with Crippen LogP contribution in [0.5, 0.6) is 0 Å². The SMILES string of the molecule is CCCCCCCCCCCCC/C=C\C/C=C\CCCCCCCCCCCCCCCCCCCC(=O)NC(COC1OC(CO)C(OC2OC(CO)C(O)C(OC3(C(=O)O)CC(O)C(NC(C)=O)C(C(O)C(O)CO)O3)C2O)C(O)C1O)C(O)CCCCCCCCCCCCC. The first-order valence-corrected chi connectivity index (χ1v) is 39.7. The third-order valence-corrected chi connectivity index (χ3v) is 20.2. The Kier molecular flexibility index (Phi) is 51.7. The number of hydrogen-bond donors (Lipinski definition) is 14. The van der Waals surface area contributed by atoms with Crippen LogP contribution in [0.25, 0.3) is 0 Å². The van der Waals surface area contributed by atoms with Gasteiger partial charge in [0.15, 0.2) is 12.6 Å². The maximum Gasteiger partial charge on any atom is 0.364 e. The van der Waals surface area contributed by atoms with Crippen LogP contribution in [0.1, 0.15) is 310 Å². The molecule has 23 heteroatoms. The van der Waals surface area contributed by atoms with E-state index in [1.54, 1.807) is 0 Å². The molecule has 0 aromatic carbocycles. The molecule has 0 aromatic heterocycles. The minimum absolute atomic E-state index is 0.225. The molecule has 2 amide bonds. The van der Waals surface area contributed by atoms with Crippen molar-refractivity contribution in [3.8, 4) is 0 Å². The normalized spacial score (nSPS) is 27.0. The minimum atomic E-state index is -3.08. The Morgan fingerprint density at radius 1 is 0.520 bits per heavy atom. The molecule has 18 unspecified atom stereocenters. The topological polar surface area (TPSA) is 373 Å². The number of unbranched alkanes of at least 4 members (excludes halogenated alkanes) is 38. The predicted molar refractivity (Wildman–Crippen MR) is 385 cm³/mol. The van der Waals surface area contributed by atoms with Crippen molar-refractivity contribution in [2.45, 2.75) is 420 Å². The molecule has 0 saturated carbocycles. The molecule has 18 atom stereocenters. The summed E-state index contributed by atoms with van der Waals surface area (Å²) in [6.07, 6.45) is 32.2. The number of carbonyl (C=O) groups excluding carboxylic acids is 2. The van der Waals surface area contributed by atoms with Gasteiger partial charge in [0, 0.05) is 19.8 Å². The van der Waals surface area contributed by atoms with Crippen LogP contribution in [0.3, 0.4) is 0 Å². The first kappa shape index (κ1) is 91.4. The number of aliphatic hydroxyl groups is 11. The summed E-state index contributed by atoms with van der Waals surface area (Å²) in [5, 5.41) is 136. The summed E-state index contributed by atoms with van der Waals surface area (Å²) in [4.78, 5) is 38.6. The fourth-order valence-electron chi connectivity index (χ4n) is 13.9. The van der Waals surface area contributed by atoms with Crippen molar-refractivity contribution in [3.63, 3.8) is 0 Å². The number of carboxylic acid groups (broad SMARTS) is 1. The molecule has 3 rings (SSSR count). The molecule has 0 radical (unpaired) electrons. The number of carbonyl (C=O) groups is 3. The van der Waals surface area contributed by atoms with Crippen LogP contribution in [0, 0.1) is 0 Å². The van der Waals surface area contributed by atoms with Gasteiger partial charge in [-0.1, -0.05) is 269 Å². The summed E-state index contributed by atoms with van der Waals surface area (Å²) in [5.41, 5.74) is 0. The van der Waals surface area contributed by atoms with E-state index in [4.69, 9.17) is 28.4 Å². The number of nitrogens with one attached hydrogen (secondary N) is 2. The molecule has 23 nitrogen and oxygen atoms in total. The highest BCUT2D eigenvalue weighted by Crippen LogP contribution is 2.39. The van der Waals surface area contributed by atoms with Gasteiger partial charge in [-0.3, -0.25) is 9.59 Å². The number of carboxylic acids is 1. The highest BCUT2D eigenvalue weighted by molar-refractivity contribution is 5.77. The fourth-order valence-corrected chi connectivity index (χ4v) is 13.9. The molecule has 100 heavy (non-hydrogen) atoms. The Hall–Kier alpha value is -2.79. The largest absolute Gasteiger partial charge is 0.477 e. The lowest BCUT2D eigenvalue weighted by Gasteiger charge is -2.50. The molecule has 14 N–H and O–H groups in total. The van der Waals surface area contributed by atoms with Crippen LogP contribution in [-0.2, 0) is 42.8 Å². The molecule has 3 heterocycles. The van der Waals surface area contributed by atoms with Crippen molar-refractivity contribution in [2.24, 2.45) is 0 Å². The van der Waals surface area contributed by atoms with E-state index in [0.717, 1.165) is 64.7 Å². The van der Waals surface area contributed by atoms with E-state index >= 15 is 0 Å². The molecule has 0 aromatic rings. The maximum absolute atomic E-state index is 13.5. The van der Waals surface area contributed by atoms with Gasteiger partial charge in [0.05, 0.1) is 50.7 Å². The molecule has 3 saturated heterocycles. The van der Waals surface area contributed by atoms with Crippen molar-refractivity contribution < 1.29 is 104 Å². The zero-order valence-electron chi connectivity index (χ0n) is 61.8. The summed E-state index contributed by atoms with van der Waals surface area (Å²) < 4.78 is 34.9. The van der Waals surface area contributed by atoms with E-state index in [9.17, 15) is 75.7 Å². The van der Waals surface area contributed by atoms with Gasteiger partial charge in [-0.05, 0) is 44.9 Å². The van der Waals surface area contributed by atoms with Crippen molar-refractivity contribution in [2.75, 3.05) is 26.4 Å². The zero-order valence-corrected chi connectivity index (χ0v) is 61.8. The van der Waals surface area contributed by atoms with Crippen LogP contribution in [0.4, 0.5) is 0 Å². The minimum Gasteiger partial charge on any atom is -0.477 e. The van der Waals surface area contributed by atoms with Crippen molar-refractivity contribution in [3.05, 3.63) is 24.3 Å². The van der Waals surface area contributed by atoms with E-state index in [-0.39, 0.29) is 18.9 Å². The van der Waals surface area contributed by atoms with Gasteiger partial charge in [0.2, 0.25) is 11.8 Å². The molecular weight excluding hydrogens is 1290 g/mol. The standard InChI is InChI=1S/C77H142N2O21/c1-4-6-8-10-12-14-16-17-18-19-20-21-22-23-24-25-26-27-28-29-30-31-32-33-34-35-36-37-38-39-41-43-45-47-49-51-64(87)79-58(59(84)50-48-46-44-42-40-15-13-11-9-7-5-2)56-95-74-69(91)68(90)71(63(55-82)97-74)98-75-70(92)73(67(89)62(54-81)96-75)100-77(76(93)94)52-60(85)65(78-57(3)83)72(99-77)66(88)61(86)53-80/h22-23,25-26,58-63,65-75,80-82,84-86,88-92H,4-21,24,27-56H2,1-3H3,(H,78,83)(H,79,87)(H,93,94)/b23-22-,26-25-. The van der Waals surface area contributed by atoms with Crippen LogP contribution in [-0.4, -0.2) is 215 Å². The summed E-state index contributed by atoms with van der Waals surface area (Å²) >= 11 is 0. The highest BCUT2D eigenvalue weighted by atomic mass is 16.8. The molecule has 0 spiro atoms. The second kappa shape index (κ2) is 56.5. The lowest BCUT2D eigenvalue weighted by Crippen LogP contribution is -2.70. The van der Waals surface area contributed by atoms with Gasteiger partial charge in [-0.25, -0.2) is 4.79 Å². The van der Waals surface area contributed by atoms with Crippen LogP contribution in [0.15, 0.2) is 24.3 Å². The Morgan fingerprint density at radius 3 is 1.40 bits per heavy atom. The molecule has 0 bridgehead atoms. The highest BCUT2D eigenvalue weighted by Gasteiger charge is 2.60. The monoisotopic (exact) mass is 1430 g/mol. The second-order valence-electron chi connectivity index (χ2n) is 28.9. The number of aliphatic carboxylic acids is 1. The molecular formula is C77H142N2O21. The summed E-state index contributed by atoms with van der Waals surface area (Å²) in [7, 11) is 0. The molecule has 3 aliphatic rings. The van der Waals surface area contributed by atoms with Crippen molar-refractivity contribution in [1.29, 1.82) is 0 Å². The third-order valence-electron chi connectivity index (χ3n) is 20.2. The predicted octanol–water partition coefficient (Wildman–Crippen LogP) is 9.96. The third kappa shape index (κ3) is 37.0. The van der Waals surface area contributed by atoms with E-state index in [2.05, 4.69) is 48.8 Å². The van der Waals surface area contributed by atoms with Crippen LogP contribution >= 0.6 is 0 Å². The number of hydrogen-bond acceptors (Lipinski definition) is 20. The van der Waals surface area contributed by atoms with Crippen LogP contribution < -0.4 is 10.6 Å². The number of allylic oxidation sites excluding steroid dienone is 4. The summed E-state index contributed by atoms with van der Waals surface area (Å²) in [5.74, 6) is -6.10. The number of rotatable bonds is 62. The van der Waals surface area contributed by atoms with Crippen molar-refractivity contribution >= 4 is 17.8 Å². The van der Waals surface area contributed by atoms with Gasteiger partial charge in [-0.15, -0.1) is 0 Å². The zero-order chi connectivity index (χ0) is 73.2. The Balaban J connectivity index is 1.42. The van der Waals surface area contributed by atoms with Gasteiger partial charge in [0.1, 0.15) is 67.1 Å². The van der Waals surface area contributed by atoms with Gasteiger partial charge in [-0.2, -0.15) is 0 Å². The Labute approximate surface area is 600 Å². The number of ether oxygens (including phenoxy) is 6. The second-order valence-corrected chi connectivity index (χ2v) is 28.9. The fraction of sp³-hybridized carbons (Fsp3) is 0.909. The van der Waals surface area contributed by atoms with E-state index in [1.165, 1.54) is 199 Å². The Morgan fingerprint density at radius 2 is 0.960 bits per heavy atom. The van der Waals surface area contributed by atoms with Gasteiger partial charge >= 0.3 is 5.97 Å². The van der Waals surface area contributed by atoms with Crippen LogP contribution in [0.2, 0.25) is 0 Å². The van der Waals surface area contributed by atoms with E-state index in [1.807, 2.05) is 0 Å².